The molecule has 4 aromatic rings. The summed E-state index contributed by atoms with van der Waals surface area (Å²) in [5.41, 5.74) is 2.31. The number of amides is 3. The number of nitrogens with one attached hydrogen (secondary N) is 2. The third-order valence-electron chi connectivity index (χ3n) is 6.49. The van der Waals surface area contributed by atoms with Gasteiger partial charge in [0, 0.05) is 34.4 Å². The van der Waals surface area contributed by atoms with Crippen LogP contribution >= 0.6 is 11.6 Å². The van der Waals surface area contributed by atoms with Gasteiger partial charge >= 0.3 is 0 Å². The molecule has 0 aliphatic heterocycles. The van der Waals surface area contributed by atoms with E-state index >= 15 is 0 Å². The van der Waals surface area contributed by atoms with Crippen LogP contribution in [0.25, 0.3) is 11.0 Å². The van der Waals surface area contributed by atoms with Crippen LogP contribution in [0.3, 0.4) is 0 Å². The molecule has 0 saturated carbocycles. The summed E-state index contributed by atoms with van der Waals surface area (Å²) in [6, 6.07) is 20.0. The zero-order valence-electron chi connectivity index (χ0n) is 22.3. The Bertz CT molecular complexity index is 1500. The number of halogens is 1. The average molecular weight is 547 g/mol. The number of anilines is 2. The van der Waals surface area contributed by atoms with Crippen molar-refractivity contribution in [2.24, 2.45) is 0 Å². The average Bonchev–Trinajstić information content (AvgIpc) is 3.30. The Kier molecular flexibility index (Phi) is 8.30. The maximum Gasteiger partial charge on any atom is 0.249 e. The predicted molar refractivity (Wildman–Crippen MR) is 152 cm³/mol. The molecule has 0 fully saturated rings. The third kappa shape index (κ3) is 6.43. The lowest BCUT2D eigenvalue weighted by Gasteiger charge is -2.35. The summed E-state index contributed by atoms with van der Waals surface area (Å²) >= 11 is 6.61. The molecule has 0 bridgehead atoms. The van der Waals surface area contributed by atoms with Crippen molar-refractivity contribution in [3.05, 3.63) is 83.4 Å². The Morgan fingerprint density at radius 1 is 1.00 bits per heavy atom. The Hall–Kier alpha value is -4.24. The van der Waals surface area contributed by atoms with Gasteiger partial charge in [-0.15, -0.1) is 5.10 Å². The second-order valence-corrected chi connectivity index (χ2v) is 10.3. The smallest absolute Gasteiger partial charge is 0.249 e. The molecule has 39 heavy (non-hydrogen) atoms. The highest BCUT2D eigenvalue weighted by molar-refractivity contribution is 6.31. The topological polar surface area (TPSA) is 109 Å². The van der Waals surface area contributed by atoms with Crippen LogP contribution < -0.4 is 15.5 Å². The highest BCUT2D eigenvalue weighted by atomic mass is 35.5. The molecule has 0 radical (unpaired) electrons. The number of carbonyl (C=O) groups is 3. The molecular weight excluding hydrogens is 516 g/mol. The normalized spacial score (nSPS) is 12.1. The van der Waals surface area contributed by atoms with E-state index in [1.807, 2.05) is 45.0 Å². The van der Waals surface area contributed by atoms with Crippen LogP contribution in [0.5, 0.6) is 0 Å². The van der Waals surface area contributed by atoms with Crippen LogP contribution in [0.4, 0.5) is 11.4 Å². The van der Waals surface area contributed by atoms with Crippen LogP contribution in [-0.2, 0) is 20.9 Å². The molecule has 2 N–H and O–H groups in total. The Morgan fingerprint density at radius 3 is 2.33 bits per heavy atom. The first-order chi connectivity index (χ1) is 18.6. The zero-order chi connectivity index (χ0) is 28.2. The van der Waals surface area contributed by atoms with Crippen molar-refractivity contribution in [1.29, 1.82) is 0 Å². The molecule has 9 nitrogen and oxygen atoms in total. The van der Waals surface area contributed by atoms with Gasteiger partial charge in [-0.25, -0.2) is 4.68 Å². The number of rotatable bonds is 9. The molecule has 4 rings (SSSR count). The van der Waals surface area contributed by atoms with Gasteiger partial charge in [-0.3, -0.25) is 19.3 Å². The predicted octanol–water partition coefficient (Wildman–Crippen LogP) is 5.12. The summed E-state index contributed by atoms with van der Waals surface area (Å²) < 4.78 is 1.51. The largest absolute Gasteiger partial charge is 0.349 e. The second-order valence-electron chi connectivity index (χ2n) is 9.88. The maximum absolute atomic E-state index is 14.1. The molecule has 1 atom stereocenters. The quantitative estimate of drug-likeness (QED) is 0.303. The van der Waals surface area contributed by atoms with Gasteiger partial charge in [0.25, 0.3) is 0 Å². The van der Waals surface area contributed by atoms with Crippen LogP contribution in [0.2, 0.25) is 5.02 Å². The van der Waals surface area contributed by atoms with Crippen molar-refractivity contribution in [2.75, 3.05) is 10.2 Å². The SMILES string of the molecule is CCC(C)(C)NC(=O)[C@H](c1ccccc1Cl)N(C(=O)Cn1nnc2ccccc21)c1ccc(NC(C)=O)cc1. The summed E-state index contributed by atoms with van der Waals surface area (Å²) in [5.74, 6) is -0.992. The van der Waals surface area contributed by atoms with Crippen molar-refractivity contribution >= 4 is 51.7 Å². The van der Waals surface area contributed by atoms with E-state index in [1.165, 1.54) is 16.5 Å². The molecule has 3 aromatic carbocycles. The van der Waals surface area contributed by atoms with Crippen LogP contribution in [-0.4, -0.2) is 38.3 Å². The highest BCUT2D eigenvalue weighted by Gasteiger charge is 2.36. The summed E-state index contributed by atoms with van der Waals surface area (Å²) in [5, 5.41) is 14.5. The number of benzene rings is 3. The van der Waals surface area contributed by atoms with E-state index in [-0.39, 0.29) is 18.4 Å². The monoisotopic (exact) mass is 546 g/mol. The minimum atomic E-state index is -1.08. The van der Waals surface area contributed by atoms with E-state index in [4.69, 9.17) is 11.6 Å². The first-order valence-corrected chi connectivity index (χ1v) is 13.0. The standard InChI is InChI=1S/C29H31ClN6O3/c1-5-29(3,4)32-28(39)27(22-10-6-7-11-23(22)30)36(21-16-14-20(15-17-21)31-19(2)37)26(38)18-35-25-13-9-8-12-24(25)33-34-35/h6-17,27H,5,18H2,1-4H3,(H,31,37)(H,32,39)/t27-/m0/s1. The van der Waals surface area contributed by atoms with E-state index in [9.17, 15) is 14.4 Å². The highest BCUT2D eigenvalue weighted by Crippen LogP contribution is 2.34. The van der Waals surface area contributed by atoms with Crippen LogP contribution in [0.1, 0.15) is 45.7 Å². The number of aromatic nitrogens is 3. The lowest BCUT2D eigenvalue weighted by molar-refractivity contribution is -0.128. The van der Waals surface area contributed by atoms with E-state index in [2.05, 4.69) is 20.9 Å². The first-order valence-electron chi connectivity index (χ1n) is 12.6. The van der Waals surface area contributed by atoms with E-state index in [0.29, 0.717) is 39.4 Å². The molecular formula is C29H31ClN6O3. The van der Waals surface area contributed by atoms with E-state index in [0.717, 1.165) is 0 Å². The number of hydrogen-bond acceptors (Lipinski definition) is 5. The minimum Gasteiger partial charge on any atom is -0.349 e. The van der Waals surface area contributed by atoms with E-state index < -0.39 is 17.5 Å². The lowest BCUT2D eigenvalue weighted by Crippen LogP contribution is -2.51. The van der Waals surface area contributed by atoms with Crippen LogP contribution in [0, 0.1) is 0 Å². The molecule has 0 unspecified atom stereocenters. The summed E-state index contributed by atoms with van der Waals surface area (Å²) in [4.78, 5) is 41.1. The van der Waals surface area contributed by atoms with Crippen molar-refractivity contribution in [1.82, 2.24) is 20.3 Å². The fourth-order valence-corrected chi connectivity index (χ4v) is 4.41. The Balaban J connectivity index is 1.83. The molecule has 0 spiro atoms. The van der Waals surface area contributed by atoms with Crippen molar-refractivity contribution in [3.8, 4) is 0 Å². The van der Waals surface area contributed by atoms with E-state index in [1.54, 1.807) is 48.5 Å². The van der Waals surface area contributed by atoms with Crippen molar-refractivity contribution in [3.63, 3.8) is 0 Å². The Morgan fingerprint density at radius 2 is 1.67 bits per heavy atom. The third-order valence-corrected chi connectivity index (χ3v) is 6.84. The number of nitrogens with zero attached hydrogens (tertiary/aromatic N) is 4. The molecule has 0 aliphatic rings. The second kappa shape index (κ2) is 11.7. The molecule has 10 heteroatoms. The minimum absolute atomic E-state index is 0.167. The van der Waals surface area contributed by atoms with Gasteiger partial charge in [-0.1, -0.05) is 54.1 Å². The van der Waals surface area contributed by atoms with Crippen molar-refractivity contribution < 1.29 is 14.4 Å². The van der Waals surface area contributed by atoms with Crippen molar-refractivity contribution in [2.45, 2.75) is 52.2 Å². The number of hydrogen-bond donors (Lipinski definition) is 2. The van der Waals surface area contributed by atoms with Gasteiger partial charge in [-0.05, 0) is 62.7 Å². The summed E-state index contributed by atoms with van der Waals surface area (Å²) in [6.07, 6.45) is 0.679. The summed E-state index contributed by atoms with van der Waals surface area (Å²) in [6.45, 7) is 7.07. The first kappa shape index (κ1) is 27.8. The lowest BCUT2D eigenvalue weighted by atomic mass is 9.98. The fourth-order valence-electron chi connectivity index (χ4n) is 4.17. The summed E-state index contributed by atoms with van der Waals surface area (Å²) in [7, 11) is 0. The number of carbonyl (C=O) groups excluding carboxylic acids is 3. The molecule has 3 amide bonds. The molecule has 0 aliphatic carbocycles. The molecule has 1 aromatic heterocycles. The zero-order valence-corrected chi connectivity index (χ0v) is 23.1. The Labute approximate surface area is 232 Å². The van der Waals surface area contributed by atoms with Gasteiger partial charge in [0.2, 0.25) is 17.7 Å². The van der Waals surface area contributed by atoms with Gasteiger partial charge < -0.3 is 10.6 Å². The van der Waals surface area contributed by atoms with Gasteiger partial charge in [0.05, 0.1) is 5.52 Å². The molecule has 202 valence electrons. The van der Waals surface area contributed by atoms with Crippen LogP contribution in [0.15, 0.2) is 72.8 Å². The molecule has 0 saturated heterocycles. The molecule has 1 heterocycles. The fraction of sp³-hybridized carbons (Fsp3) is 0.276. The van der Waals surface area contributed by atoms with Gasteiger partial charge in [0.1, 0.15) is 18.1 Å². The number of para-hydroxylation sites is 1. The van der Waals surface area contributed by atoms with Gasteiger partial charge in [0.15, 0.2) is 0 Å². The number of fused-ring (bicyclic) bond motifs is 1. The van der Waals surface area contributed by atoms with Gasteiger partial charge in [-0.2, -0.15) is 0 Å². The maximum atomic E-state index is 14.1.